The normalized spacial score (nSPS) is 14.0. The molecule has 0 heterocycles. The predicted octanol–water partition coefficient (Wildman–Crippen LogP) is 23.1. The summed E-state index contributed by atoms with van der Waals surface area (Å²) in [4.78, 5) is 72.7. The van der Waals surface area contributed by atoms with E-state index in [0.29, 0.717) is 25.7 Å². The van der Waals surface area contributed by atoms with E-state index in [2.05, 4.69) is 41.5 Å². The van der Waals surface area contributed by atoms with Crippen molar-refractivity contribution in [3.8, 4) is 0 Å². The van der Waals surface area contributed by atoms with Crippen LogP contribution in [0.25, 0.3) is 0 Å². The topological polar surface area (TPSA) is 237 Å². The number of carbonyl (C=O) groups excluding carboxylic acids is 4. The molecule has 0 saturated carbocycles. The maximum absolute atomic E-state index is 13.1. The van der Waals surface area contributed by atoms with Crippen LogP contribution in [0.4, 0.5) is 0 Å². The van der Waals surface area contributed by atoms with Crippen LogP contribution in [0.1, 0.15) is 408 Å². The number of unbranched alkanes of at least 4 members (excludes halogenated alkanes) is 47. The summed E-state index contributed by atoms with van der Waals surface area (Å²) in [6.45, 7) is 9.60. The molecule has 17 nitrogen and oxygen atoms in total. The smallest absolute Gasteiger partial charge is 0.462 e. The molecular formula is C78H152O17P2. The fourth-order valence-electron chi connectivity index (χ4n) is 12.0. The molecule has 0 aromatic carbocycles. The number of phosphoric ester groups is 2. The Bertz CT molecular complexity index is 1870. The van der Waals surface area contributed by atoms with E-state index in [0.717, 1.165) is 115 Å². The molecule has 0 aliphatic carbocycles. The summed E-state index contributed by atoms with van der Waals surface area (Å²) in [5.74, 6) is -0.545. The van der Waals surface area contributed by atoms with Crippen molar-refractivity contribution in [2.24, 2.45) is 11.8 Å². The summed E-state index contributed by atoms with van der Waals surface area (Å²) in [6, 6.07) is 0. The van der Waals surface area contributed by atoms with E-state index in [-0.39, 0.29) is 25.7 Å². The van der Waals surface area contributed by atoms with Gasteiger partial charge in [0, 0.05) is 25.7 Å². The maximum atomic E-state index is 13.1. The molecular weight excluding hydrogens is 1270 g/mol. The summed E-state index contributed by atoms with van der Waals surface area (Å²) in [5.41, 5.74) is 0. The number of rotatable bonds is 77. The summed E-state index contributed by atoms with van der Waals surface area (Å²) in [5, 5.41) is 10.6. The summed E-state index contributed by atoms with van der Waals surface area (Å²) >= 11 is 0. The molecule has 0 fully saturated rings. The quantitative estimate of drug-likeness (QED) is 0.0222. The van der Waals surface area contributed by atoms with Gasteiger partial charge in [0.15, 0.2) is 12.2 Å². The molecule has 0 amide bonds. The highest BCUT2D eigenvalue weighted by Crippen LogP contribution is 2.45. The van der Waals surface area contributed by atoms with Crippen LogP contribution in [0, 0.1) is 11.8 Å². The summed E-state index contributed by atoms with van der Waals surface area (Å²) in [7, 11) is -9.91. The van der Waals surface area contributed by atoms with Gasteiger partial charge in [0.25, 0.3) is 0 Å². The first-order valence-electron chi connectivity index (χ1n) is 40.5. The number of hydrogen-bond donors (Lipinski definition) is 3. The Morgan fingerprint density at radius 3 is 0.701 bits per heavy atom. The second kappa shape index (κ2) is 69.8. The molecule has 0 rings (SSSR count). The van der Waals surface area contributed by atoms with Crippen LogP contribution >= 0.6 is 15.6 Å². The zero-order chi connectivity index (χ0) is 71.4. The minimum absolute atomic E-state index is 0.106. The fourth-order valence-corrected chi connectivity index (χ4v) is 13.6. The molecule has 5 atom stereocenters. The molecule has 0 radical (unpaired) electrons. The van der Waals surface area contributed by atoms with Crippen LogP contribution in [0.2, 0.25) is 0 Å². The Morgan fingerprint density at radius 1 is 0.278 bits per heavy atom. The third-order valence-corrected chi connectivity index (χ3v) is 20.1. The molecule has 0 saturated heterocycles. The average Bonchev–Trinajstić information content (AvgIpc) is 1.71. The van der Waals surface area contributed by atoms with Gasteiger partial charge in [0.1, 0.15) is 19.3 Å². The number of hydrogen-bond acceptors (Lipinski definition) is 15. The first kappa shape index (κ1) is 95.1. The molecule has 19 heteroatoms. The van der Waals surface area contributed by atoms with Gasteiger partial charge >= 0.3 is 39.5 Å². The highest BCUT2D eigenvalue weighted by atomic mass is 31.2. The highest BCUT2D eigenvalue weighted by molar-refractivity contribution is 7.47. The van der Waals surface area contributed by atoms with Crippen molar-refractivity contribution in [3.05, 3.63) is 0 Å². The number of aliphatic hydroxyl groups excluding tert-OH is 1. The Kier molecular flexibility index (Phi) is 68.4. The first-order valence-corrected chi connectivity index (χ1v) is 43.5. The largest absolute Gasteiger partial charge is 0.472 e. The van der Waals surface area contributed by atoms with Gasteiger partial charge in [-0.15, -0.1) is 0 Å². The monoisotopic (exact) mass is 1420 g/mol. The fraction of sp³-hybridized carbons (Fsp3) is 0.949. The number of ether oxygens (including phenoxy) is 4. The molecule has 0 aromatic rings. The Hall–Kier alpha value is -1.94. The molecule has 0 aliphatic heterocycles. The van der Waals surface area contributed by atoms with Gasteiger partial charge in [-0.05, 0) is 37.5 Å². The average molecular weight is 1420 g/mol. The minimum Gasteiger partial charge on any atom is -0.462 e. The lowest BCUT2D eigenvalue weighted by atomic mass is 10.0. The van der Waals surface area contributed by atoms with Gasteiger partial charge in [-0.25, -0.2) is 9.13 Å². The van der Waals surface area contributed by atoms with Crippen molar-refractivity contribution in [1.29, 1.82) is 0 Å². The molecule has 0 bridgehead atoms. The lowest BCUT2D eigenvalue weighted by Gasteiger charge is -2.21. The van der Waals surface area contributed by atoms with E-state index in [4.69, 9.17) is 37.0 Å². The zero-order valence-electron chi connectivity index (χ0n) is 63.4. The molecule has 2 unspecified atom stereocenters. The Labute approximate surface area is 594 Å². The van der Waals surface area contributed by atoms with Crippen LogP contribution in [0.3, 0.4) is 0 Å². The van der Waals surface area contributed by atoms with Crippen LogP contribution in [-0.2, 0) is 65.4 Å². The van der Waals surface area contributed by atoms with E-state index < -0.39 is 97.5 Å². The molecule has 0 aliphatic rings. The van der Waals surface area contributed by atoms with Crippen molar-refractivity contribution >= 4 is 39.5 Å². The SMILES string of the molecule is CCCCCCCCCCCCCCCCCCC(=O)OC[C@H](COP(=O)(O)OC[C@@H](O)COP(=O)(O)OC[C@@H](COC(=O)CCCCCCCCC)OC(=O)CCCCCCCCCCCCC(C)C)OC(=O)CCCCCCCCCCCCCCCCCCCCC(C)C. The lowest BCUT2D eigenvalue weighted by molar-refractivity contribution is -0.161. The first-order chi connectivity index (χ1) is 46.9. The van der Waals surface area contributed by atoms with Gasteiger partial charge in [-0.3, -0.25) is 37.3 Å². The van der Waals surface area contributed by atoms with Crippen molar-refractivity contribution in [1.82, 2.24) is 0 Å². The van der Waals surface area contributed by atoms with Gasteiger partial charge < -0.3 is 33.8 Å². The Balaban J connectivity index is 5.17. The molecule has 3 N–H and O–H groups in total. The molecule has 0 aromatic heterocycles. The minimum atomic E-state index is -4.96. The van der Waals surface area contributed by atoms with E-state index in [1.165, 1.54) is 212 Å². The molecule has 97 heavy (non-hydrogen) atoms. The third-order valence-electron chi connectivity index (χ3n) is 18.2. The van der Waals surface area contributed by atoms with Crippen molar-refractivity contribution < 1.29 is 80.2 Å². The number of aliphatic hydroxyl groups is 1. The second-order valence-corrected chi connectivity index (χ2v) is 32.0. The molecule has 576 valence electrons. The van der Waals surface area contributed by atoms with Crippen molar-refractivity contribution in [2.45, 2.75) is 426 Å². The molecule has 0 spiro atoms. The predicted molar refractivity (Wildman–Crippen MR) is 395 cm³/mol. The van der Waals surface area contributed by atoms with Crippen LogP contribution in [0.15, 0.2) is 0 Å². The number of carbonyl (C=O) groups is 4. The number of phosphoric acid groups is 2. The van der Waals surface area contributed by atoms with E-state index in [9.17, 15) is 43.2 Å². The van der Waals surface area contributed by atoms with Crippen molar-refractivity contribution in [2.75, 3.05) is 39.6 Å². The summed E-state index contributed by atoms with van der Waals surface area (Å²) in [6.07, 6.45) is 58.5. The van der Waals surface area contributed by atoms with Crippen LogP contribution < -0.4 is 0 Å². The summed E-state index contributed by atoms with van der Waals surface area (Å²) < 4.78 is 68.5. The highest BCUT2D eigenvalue weighted by Gasteiger charge is 2.30. The van der Waals surface area contributed by atoms with Crippen molar-refractivity contribution in [3.63, 3.8) is 0 Å². The standard InChI is InChI=1S/C78H152O17P2/c1-7-9-11-13-15-16-17-18-19-25-28-31-37-43-49-55-61-76(81)89-67-74(95-77(82)62-56-50-44-38-32-29-26-23-21-20-22-24-27-30-35-41-46-52-58-70(3)4)69-93-97(86,87)91-65-72(79)64-90-96(84,85)92-68-73(66-88-75(80)60-54-48-40-14-12-10-8-2)94-78(83)63-57-51-45-39-34-33-36-42-47-53-59-71(5)6/h70-74,79H,7-69H2,1-6H3,(H,84,85)(H,86,87)/t72-,73+,74+/m0/s1. The van der Waals surface area contributed by atoms with Gasteiger partial charge in [0.2, 0.25) is 0 Å². The van der Waals surface area contributed by atoms with E-state index in [1.807, 2.05) is 0 Å². The van der Waals surface area contributed by atoms with E-state index in [1.54, 1.807) is 0 Å². The maximum Gasteiger partial charge on any atom is 0.472 e. The van der Waals surface area contributed by atoms with Gasteiger partial charge in [-0.2, -0.15) is 0 Å². The third kappa shape index (κ3) is 72.2. The van der Waals surface area contributed by atoms with Gasteiger partial charge in [-0.1, -0.05) is 356 Å². The number of esters is 4. The lowest BCUT2D eigenvalue weighted by Crippen LogP contribution is -2.30. The van der Waals surface area contributed by atoms with Crippen LogP contribution in [0.5, 0.6) is 0 Å². The van der Waals surface area contributed by atoms with Gasteiger partial charge in [0.05, 0.1) is 26.4 Å². The Morgan fingerprint density at radius 2 is 0.474 bits per heavy atom. The zero-order valence-corrected chi connectivity index (χ0v) is 65.2. The second-order valence-electron chi connectivity index (χ2n) is 29.1. The van der Waals surface area contributed by atoms with E-state index >= 15 is 0 Å². The van der Waals surface area contributed by atoms with Crippen LogP contribution in [-0.4, -0.2) is 96.7 Å².